The van der Waals surface area contributed by atoms with E-state index in [1.165, 1.54) is 11.0 Å². The van der Waals surface area contributed by atoms with E-state index in [1.807, 2.05) is 26.0 Å². The highest BCUT2D eigenvalue weighted by Crippen LogP contribution is 2.15. The summed E-state index contributed by atoms with van der Waals surface area (Å²) in [7, 11) is 0. The summed E-state index contributed by atoms with van der Waals surface area (Å²) in [6.07, 6.45) is 1.68. The number of anilines is 1. The molecule has 1 aromatic heterocycles. The maximum atomic E-state index is 11.9. The number of hydrogen-bond donors (Lipinski definition) is 1. The molecule has 1 atom stereocenters. The Labute approximate surface area is 153 Å². The molecule has 1 saturated heterocycles. The van der Waals surface area contributed by atoms with Gasteiger partial charge in [-0.25, -0.2) is 4.98 Å². The van der Waals surface area contributed by atoms with Gasteiger partial charge in [0, 0.05) is 49.4 Å². The largest absolute Gasteiger partial charge is 0.354 e. The number of rotatable bonds is 6. The summed E-state index contributed by atoms with van der Waals surface area (Å²) < 4.78 is 1.21. The Hall–Kier alpha value is -0.890. The molecule has 2 rings (SSSR count). The summed E-state index contributed by atoms with van der Waals surface area (Å²) in [5, 5.41) is 2.89. The smallest absolute Gasteiger partial charge is 0.253 e. The van der Waals surface area contributed by atoms with Gasteiger partial charge >= 0.3 is 0 Å². The van der Waals surface area contributed by atoms with Crippen LogP contribution < -0.4 is 10.2 Å². The molecule has 0 radical (unpaired) electrons. The van der Waals surface area contributed by atoms with Crippen molar-refractivity contribution < 1.29 is 4.79 Å². The summed E-state index contributed by atoms with van der Waals surface area (Å²) in [4.78, 5) is 21.3. The van der Waals surface area contributed by atoms with Crippen molar-refractivity contribution in [1.82, 2.24) is 15.2 Å². The quantitative estimate of drug-likeness (QED) is 0.557. The molecule has 23 heavy (non-hydrogen) atoms. The topological polar surface area (TPSA) is 48.5 Å². The van der Waals surface area contributed by atoms with Crippen molar-refractivity contribution in [3.63, 3.8) is 0 Å². The molecule has 2 heterocycles. The average molecular weight is 430 g/mol. The van der Waals surface area contributed by atoms with Crippen LogP contribution in [0.3, 0.4) is 0 Å². The zero-order valence-electron chi connectivity index (χ0n) is 14.3. The van der Waals surface area contributed by atoms with E-state index in [4.69, 9.17) is 0 Å². The minimum absolute atomic E-state index is 0.0587. The highest BCUT2D eigenvalue weighted by atomic mass is 127. The molecule has 1 amide bonds. The molecule has 1 aromatic rings. The number of carbonyl (C=O) groups excluding carboxylic acids is 1. The second kappa shape index (κ2) is 8.82. The van der Waals surface area contributed by atoms with Crippen LogP contribution in [0.1, 0.15) is 31.1 Å². The van der Waals surface area contributed by atoms with Crippen molar-refractivity contribution in [3.05, 3.63) is 23.9 Å². The average Bonchev–Trinajstić information content (AvgIpc) is 2.55. The number of alkyl halides is 1. The van der Waals surface area contributed by atoms with E-state index in [9.17, 15) is 4.79 Å². The SMILES string of the molecule is CC(CI)CN1CCN(c2ccc(C(=O)NC(C)C)cn2)CC1. The van der Waals surface area contributed by atoms with Gasteiger partial charge in [-0.15, -0.1) is 0 Å². The molecule has 0 spiro atoms. The molecule has 128 valence electrons. The number of amides is 1. The highest BCUT2D eigenvalue weighted by molar-refractivity contribution is 14.1. The van der Waals surface area contributed by atoms with Gasteiger partial charge in [0.25, 0.3) is 5.91 Å². The molecule has 6 heteroatoms. The van der Waals surface area contributed by atoms with Crippen LogP contribution in [-0.4, -0.2) is 59.0 Å². The molecule has 0 aromatic carbocycles. The summed E-state index contributed by atoms with van der Waals surface area (Å²) in [5.41, 5.74) is 0.622. The van der Waals surface area contributed by atoms with Crippen LogP contribution in [0.15, 0.2) is 18.3 Å². The van der Waals surface area contributed by atoms with E-state index < -0.39 is 0 Å². The first-order valence-electron chi connectivity index (χ1n) is 8.29. The molecule has 1 aliphatic rings. The fraction of sp³-hybridized carbons (Fsp3) is 0.647. The molecule has 1 fully saturated rings. The summed E-state index contributed by atoms with van der Waals surface area (Å²) in [5.74, 6) is 1.66. The molecule has 0 saturated carbocycles. The zero-order valence-corrected chi connectivity index (χ0v) is 16.4. The lowest BCUT2D eigenvalue weighted by Gasteiger charge is -2.36. The number of piperazine rings is 1. The second-order valence-electron chi connectivity index (χ2n) is 6.58. The first-order chi connectivity index (χ1) is 11.0. The monoisotopic (exact) mass is 430 g/mol. The lowest BCUT2D eigenvalue weighted by atomic mass is 10.2. The van der Waals surface area contributed by atoms with Crippen LogP contribution in [0, 0.1) is 5.92 Å². The highest BCUT2D eigenvalue weighted by Gasteiger charge is 2.19. The molecule has 5 nitrogen and oxygen atoms in total. The third-order valence-corrected chi connectivity index (χ3v) is 5.46. The third kappa shape index (κ3) is 5.60. The standard InChI is InChI=1S/C17H27IN4O/c1-13(2)20-17(23)15-4-5-16(19-11-15)22-8-6-21(7-9-22)12-14(3)10-18/h4-5,11,13-14H,6-10,12H2,1-3H3,(H,20,23). The molecule has 1 N–H and O–H groups in total. The Morgan fingerprint density at radius 1 is 1.26 bits per heavy atom. The van der Waals surface area contributed by atoms with Crippen molar-refractivity contribution in [3.8, 4) is 0 Å². The number of nitrogens with one attached hydrogen (secondary N) is 1. The van der Waals surface area contributed by atoms with E-state index in [-0.39, 0.29) is 11.9 Å². The summed E-state index contributed by atoms with van der Waals surface area (Å²) >= 11 is 2.46. The first-order valence-corrected chi connectivity index (χ1v) is 9.82. The maximum absolute atomic E-state index is 11.9. The number of halogens is 1. The van der Waals surface area contributed by atoms with Crippen LogP contribution >= 0.6 is 22.6 Å². The Bertz CT molecular complexity index is 498. The number of carbonyl (C=O) groups is 1. The van der Waals surface area contributed by atoms with Crippen molar-refractivity contribution in [2.24, 2.45) is 5.92 Å². The van der Waals surface area contributed by atoms with Gasteiger partial charge in [0.05, 0.1) is 5.56 Å². The van der Waals surface area contributed by atoms with E-state index in [2.05, 4.69) is 49.6 Å². The third-order valence-electron chi connectivity index (χ3n) is 3.96. The lowest BCUT2D eigenvalue weighted by Crippen LogP contribution is -2.48. The molecule has 1 aliphatic heterocycles. The van der Waals surface area contributed by atoms with Crippen molar-refractivity contribution in [2.75, 3.05) is 42.1 Å². The van der Waals surface area contributed by atoms with Crippen LogP contribution in [0.4, 0.5) is 5.82 Å². The van der Waals surface area contributed by atoms with Gasteiger partial charge in [0.2, 0.25) is 0 Å². The maximum Gasteiger partial charge on any atom is 0.253 e. The van der Waals surface area contributed by atoms with E-state index >= 15 is 0 Å². The molecular weight excluding hydrogens is 403 g/mol. The van der Waals surface area contributed by atoms with Crippen molar-refractivity contribution >= 4 is 34.3 Å². The number of aromatic nitrogens is 1. The summed E-state index contributed by atoms with van der Waals surface area (Å²) in [6, 6.07) is 3.96. The van der Waals surface area contributed by atoms with Gasteiger partial charge in [-0.3, -0.25) is 9.69 Å². The van der Waals surface area contributed by atoms with E-state index in [0.29, 0.717) is 5.56 Å². The molecule has 0 aliphatic carbocycles. The Morgan fingerprint density at radius 2 is 1.96 bits per heavy atom. The first kappa shape index (κ1) is 18.4. The van der Waals surface area contributed by atoms with Gasteiger partial charge < -0.3 is 10.2 Å². The molecule has 1 unspecified atom stereocenters. The van der Waals surface area contributed by atoms with E-state index in [1.54, 1.807) is 6.20 Å². The van der Waals surface area contributed by atoms with Crippen LogP contribution in [0.5, 0.6) is 0 Å². The minimum atomic E-state index is -0.0587. The fourth-order valence-corrected chi connectivity index (χ4v) is 2.98. The Balaban J connectivity index is 1.88. The Kier molecular flexibility index (Phi) is 7.08. The zero-order chi connectivity index (χ0) is 16.8. The predicted octanol–water partition coefficient (Wildman–Crippen LogP) is 2.41. The van der Waals surface area contributed by atoms with Gasteiger partial charge in [0.1, 0.15) is 5.82 Å². The van der Waals surface area contributed by atoms with Crippen molar-refractivity contribution in [1.29, 1.82) is 0 Å². The predicted molar refractivity (Wildman–Crippen MR) is 104 cm³/mol. The second-order valence-corrected chi connectivity index (χ2v) is 7.46. The van der Waals surface area contributed by atoms with Crippen LogP contribution in [-0.2, 0) is 0 Å². The fourth-order valence-electron chi connectivity index (χ4n) is 2.70. The summed E-state index contributed by atoms with van der Waals surface area (Å²) in [6.45, 7) is 11.6. The van der Waals surface area contributed by atoms with Gasteiger partial charge in [0.15, 0.2) is 0 Å². The lowest BCUT2D eigenvalue weighted by molar-refractivity contribution is 0.0943. The van der Waals surface area contributed by atoms with E-state index in [0.717, 1.165) is 37.9 Å². The molecular formula is C17H27IN4O. The van der Waals surface area contributed by atoms with Crippen molar-refractivity contribution in [2.45, 2.75) is 26.8 Å². The minimum Gasteiger partial charge on any atom is -0.354 e. The number of nitrogens with zero attached hydrogens (tertiary/aromatic N) is 3. The molecule has 0 bridgehead atoms. The van der Waals surface area contributed by atoms with Crippen LogP contribution in [0.2, 0.25) is 0 Å². The number of pyridine rings is 1. The Morgan fingerprint density at radius 3 is 2.48 bits per heavy atom. The normalized spacial score (nSPS) is 17.3. The van der Waals surface area contributed by atoms with Crippen LogP contribution in [0.25, 0.3) is 0 Å². The van der Waals surface area contributed by atoms with Gasteiger partial charge in [-0.2, -0.15) is 0 Å². The number of hydrogen-bond acceptors (Lipinski definition) is 4. The van der Waals surface area contributed by atoms with Gasteiger partial charge in [-0.05, 0) is 31.9 Å². The van der Waals surface area contributed by atoms with Gasteiger partial charge in [-0.1, -0.05) is 29.5 Å².